The quantitative estimate of drug-likeness (QED) is 0.524. The van der Waals surface area contributed by atoms with Gasteiger partial charge in [-0.2, -0.15) is 0 Å². The number of halogens is 3. The minimum absolute atomic E-state index is 0.0159. The topological polar surface area (TPSA) is 49.9 Å². The number of amides is 2. The van der Waals surface area contributed by atoms with Gasteiger partial charge in [-0.15, -0.1) is 0 Å². The third-order valence-corrected chi connectivity index (χ3v) is 5.92. The fourth-order valence-corrected chi connectivity index (χ4v) is 4.02. The lowest BCUT2D eigenvalue weighted by molar-refractivity contribution is 0.0981. The normalized spacial score (nSPS) is 15.8. The highest BCUT2D eigenvalue weighted by Crippen LogP contribution is 2.40. The Bertz CT molecular complexity index is 1010. The zero-order chi connectivity index (χ0) is 22.2. The van der Waals surface area contributed by atoms with E-state index in [-0.39, 0.29) is 34.8 Å². The average Bonchev–Trinajstić information content (AvgIpc) is 2.70. The van der Waals surface area contributed by atoms with Crippen molar-refractivity contribution >= 4 is 46.6 Å². The third kappa shape index (κ3) is 3.98. The van der Waals surface area contributed by atoms with E-state index in [4.69, 9.17) is 27.9 Å². The molecule has 3 rings (SSSR count). The molecular weight excluding hydrogens is 430 g/mol. The van der Waals surface area contributed by atoms with E-state index in [0.717, 1.165) is 17.2 Å². The van der Waals surface area contributed by atoms with Gasteiger partial charge in [-0.05, 0) is 62.6 Å². The van der Waals surface area contributed by atoms with E-state index in [2.05, 4.69) is 0 Å². The summed E-state index contributed by atoms with van der Waals surface area (Å²) >= 11 is 12.0. The second-order valence-corrected chi connectivity index (χ2v) is 8.03. The molecule has 1 aliphatic rings. The Morgan fingerprint density at radius 1 is 1.07 bits per heavy atom. The van der Waals surface area contributed by atoms with Gasteiger partial charge in [0.25, 0.3) is 5.91 Å². The first-order chi connectivity index (χ1) is 14.2. The molecule has 0 saturated carbocycles. The number of carbonyl (C=O) groups excluding carboxylic acids is 2. The van der Waals surface area contributed by atoms with E-state index in [9.17, 15) is 14.0 Å². The van der Waals surface area contributed by atoms with Crippen molar-refractivity contribution in [1.29, 1.82) is 0 Å². The summed E-state index contributed by atoms with van der Waals surface area (Å²) in [4.78, 5) is 29.3. The highest BCUT2D eigenvalue weighted by Gasteiger charge is 2.38. The standard InChI is InChI=1S/C22H23Cl2FN2O3/c1-5-14-11-26(21(28)15-9-18(25)17(24)10-16(15)23)19-7-12(3)13(4)8-20(19)27(14)22(29)30-6-2/h7-10,14H,5-6,11H2,1-4H3. The first-order valence-corrected chi connectivity index (χ1v) is 10.5. The van der Waals surface area contributed by atoms with Crippen LogP contribution in [0.15, 0.2) is 24.3 Å². The number of anilines is 2. The van der Waals surface area contributed by atoms with Crippen LogP contribution in [0.25, 0.3) is 0 Å². The minimum Gasteiger partial charge on any atom is -0.449 e. The Kier molecular flexibility index (Phi) is 6.58. The molecule has 160 valence electrons. The Hall–Kier alpha value is -2.31. The highest BCUT2D eigenvalue weighted by molar-refractivity contribution is 6.37. The molecule has 1 unspecified atom stereocenters. The van der Waals surface area contributed by atoms with Crippen LogP contribution < -0.4 is 9.80 Å². The van der Waals surface area contributed by atoms with Gasteiger partial charge in [-0.1, -0.05) is 30.1 Å². The van der Waals surface area contributed by atoms with E-state index < -0.39 is 17.8 Å². The van der Waals surface area contributed by atoms with Gasteiger partial charge in [0.2, 0.25) is 0 Å². The molecule has 5 nitrogen and oxygen atoms in total. The zero-order valence-corrected chi connectivity index (χ0v) is 18.8. The van der Waals surface area contributed by atoms with E-state index in [0.29, 0.717) is 17.8 Å². The highest BCUT2D eigenvalue weighted by atomic mass is 35.5. The van der Waals surface area contributed by atoms with Gasteiger partial charge >= 0.3 is 6.09 Å². The van der Waals surface area contributed by atoms with Gasteiger partial charge in [0, 0.05) is 6.54 Å². The minimum atomic E-state index is -0.720. The number of carbonyl (C=O) groups is 2. The van der Waals surface area contributed by atoms with Crippen LogP contribution in [-0.4, -0.2) is 31.2 Å². The second kappa shape index (κ2) is 8.82. The number of aryl methyl sites for hydroxylation is 2. The number of rotatable bonds is 3. The molecule has 0 aliphatic carbocycles. The van der Waals surface area contributed by atoms with E-state index in [1.165, 1.54) is 6.07 Å². The van der Waals surface area contributed by atoms with Crippen LogP contribution in [0.2, 0.25) is 10.0 Å². The number of benzene rings is 2. The molecule has 1 atom stereocenters. The molecule has 2 aromatic carbocycles. The summed E-state index contributed by atoms with van der Waals surface area (Å²) in [5.74, 6) is -1.18. The molecule has 0 spiro atoms. The zero-order valence-electron chi connectivity index (χ0n) is 17.3. The lowest BCUT2D eigenvalue weighted by Crippen LogP contribution is -2.53. The number of hydrogen-bond acceptors (Lipinski definition) is 3. The van der Waals surface area contributed by atoms with Crippen LogP contribution in [-0.2, 0) is 4.74 Å². The predicted molar refractivity (Wildman–Crippen MR) is 118 cm³/mol. The van der Waals surface area contributed by atoms with Crippen LogP contribution in [0.5, 0.6) is 0 Å². The fourth-order valence-electron chi connectivity index (χ4n) is 3.56. The van der Waals surface area contributed by atoms with Crippen molar-refractivity contribution in [2.75, 3.05) is 23.0 Å². The second-order valence-electron chi connectivity index (χ2n) is 7.22. The van der Waals surface area contributed by atoms with Crippen LogP contribution >= 0.6 is 23.2 Å². The predicted octanol–water partition coefficient (Wildman–Crippen LogP) is 6.15. The van der Waals surface area contributed by atoms with Crippen LogP contribution in [0, 0.1) is 19.7 Å². The maximum atomic E-state index is 14.1. The van der Waals surface area contributed by atoms with Crippen LogP contribution in [0.1, 0.15) is 41.8 Å². The van der Waals surface area contributed by atoms with Gasteiger partial charge < -0.3 is 9.64 Å². The van der Waals surface area contributed by atoms with Crippen molar-refractivity contribution < 1.29 is 18.7 Å². The largest absolute Gasteiger partial charge is 0.449 e. The number of fused-ring (bicyclic) bond motifs is 1. The molecular formula is C22H23Cl2FN2O3. The lowest BCUT2D eigenvalue weighted by atomic mass is 9.99. The van der Waals surface area contributed by atoms with Gasteiger partial charge in [0.15, 0.2) is 0 Å². The Balaban J connectivity index is 2.16. The summed E-state index contributed by atoms with van der Waals surface area (Å²) in [7, 11) is 0. The van der Waals surface area contributed by atoms with Gasteiger partial charge in [-0.3, -0.25) is 9.69 Å². The molecule has 8 heteroatoms. The Labute approximate surface area is 185 Å². The first kappa shape index (κ1) is 22.4. The van der Waals surface area contributed by atoms with Crippen molar-refractivity contribution in [1.82, 2.24) is 0 Å². The molecule has 0 aromatic heterocycles. The number of hydrogen-bond donors (Lipinski definition) is 0. The third-order valence-electron chi connectivity index (χ3n) is 5.32. The molecule has 30 heavy (non-hydrogen) atoms. The molecule has 1 aliphatic heterocycles. The van der Waals surface area contributed by atoms with Gasteiger partial charge in [0.1, 0.15) is 5.82 Å². The summed E-state index contributed by atoms with van der Waals surface area (Å²) in [6.07, 6.45) is 0.133. The van der Waals surface area contributed by atoms with E-state index >= 15 is 0 Å². The molecule has 0 bridgehead atoms. The van der Waals surface area contributed by atoms with Crippen molar-refractivity contribution in [3.05, 3.63) is 56.8 Å². The van der Waals surface area contributed by atoms with Crippen molar-refractivity contribution in [3.8, 4) is 0 Å². The molecule has 0 radical (unpaired) electrons. The molecule has 0 fully saturated rings. The molecule has 0 N–H and O–H groups in total. The Morgan fingerprint density at radius 3 is 2.30 bits per heavy atom. The van der Waals surface area contributed by atoms with Crippen LogP contribution in [0.4, 0.5) is 20.6 Å². The molecule has 0 saturated heterocycles. The molecule has 2 aromatic rings. The summed E-state index contributed by atoms with van der Waals surface area (Å²) < 4.78 is 19.3. The smallest absolute Gasteiger partial charge is 0.414 e. The summed E-state index contributed by atoms with van der Waals surface area (Å²) in [5.41, 5.74) is 3.07. The van der Waals surface area contributed by atoms with Crippen LogP contribution in [0.3, 0.4) is 0 Å². The SMILES string of the molecule is CCOC(=O)N1c2cc(C)c(C)cc2N(C(=O)c2cc(F)c(Cl)cc2Cl)CC1CC. The maximum absolute atomic E-state index is 14.1. The van der Waals surface area contributed by atoms with Crippen molar-refractivity contribution in [3.63, 3.8) is 0 Å². The van der Waals surface area contributed by atoms with Gasteiger partial charge in [0.05, 0.1) is 39.6 Å². The monoisotopic (exact) mass is 452 g/mol. The van der Waals surface area contributed by atoms with Gasteiger partial charge in [-0.25, -0.2) is 9.18 Å². The lowest BCUT2D eigenvalue weighted by Gasteiger charge is -2.42. The van der Waals surface area contributed by atoms with E-state index in [1.54, 1.807) is 16.7 Å². The molecule has 2 amide bonds. The van der Waals surface area contributed by atoms with Crippen molar-refractivity contribution in [2.45, 2.75) is 40.2 Å². The fraction of sp³-hybridized carbons (Fsp3) is 0.364. The summed E-state index contributed by atoms with van der Waals surface area (Å²) in [6.45, 7) is 8.01. The van der Waals surface area contributed by atoms with E-state index in [1.807, 2.05) is 32.9 Å². The van der Waals surface area contributed by atoms with Crippen molar-refractivity contribution in [2.24, 2.45) is 0 Å². The first-order valence-electron chi connectivity index (χ1n) is 9.73. The average molecular weight is 453 g/mol. The molecule has 1 heterocycles. The maximum Gasteiger partial charge on any atom is 0.414 e. The summed E-state index contributed by atoms with van der Waals surface area (Å²) in [6, 6.07) is 5.68. The Morgan fingerprint density at radius 2 is 1.70 bits per heavy atom. The number of nitrogens with zero attached hydrogens (tertiary/aromatic N) is 2. The summed E-state index contributed by atoms with van der Waals surface area (Å²) in [5, 5.41) is -0.0837. The number of ether oxygens (including phenoxy) is 1.